The van der Waals surface area contributed by atoms with Gasteiger partial charge in [0.1, 0.15) is 5.82 Å². The van der Waals surface area contributed by atoms with Crippen LogP contribution in [0.2, 0.25) is 0 Å². The van der Waals surface area contributed by atoms with Gasteiger partial charge in [-0.3, -0.25) is 15.0 Å². The van der Waals surface area contributed by atoms with Gasteiger partial charge in [0.2, 0.25) is 0 Å². The van der Waals surface area contributed by atoms with E-state index in [0.29, 0.717) is 11.6 Å². The number of hydrogen-bond acceptors (Lipinski definition) is 6. The maximum Gasteiger partial charge on any atom is 0.143 e. The maximum absolute atomic E-state index is 6.01. The molecule has 0 spiro atoms. The van der Waals surface area contributed by atoms with Gasteiger partial charge in [0.15, 0.2) is 0 Å². The Kier molecular flexibility index (Phi) is 5.11. The van der Waals surface area contributed by atoms with Gasteiger partial charge in [0.25, 0.3) is 0 Å². The number of aromatic amines is 1. The molecule has 0 radical (unpaired) electrons. The average molecular weight is 414 g/mol. The SMILES string of the molecule is Cc1ncc(-c2cc(C3CCN(Cc4nc(C)c5ccccc5n4)CC3)[nH]n2)cc1N. The summed E-state index contributed by atoms with van der Waals surface area (Å²) in [7, 11) is 0. The summed E-state index contributed by atoms with van der Waals surface area (Å²) in [6.45, 7) is 6.81. The van der Waals surface area contributed by atoms with Crippen LogP contribution < -0.4 is 5.73 Å². The van der Waals surface area contributed by atoms with Crippen LogP contribution in [0.15, 0.2) is 42.6 Å². The molecular weight excluding hydrogens is 386 g/mol. The third-order valence-corrected chi connectivity index (χ3v) is 6.25. The van der Waals surface area contributed by atoms with Crippen molar-refractivity contribution < 1.29 is 0 Å². The van der Waals surface area contributed by atoms with E-state index in [4.69, 9.17) is 15.7 Å². The molecule has 4 heterocycles. The molecule has 158 valence electrons. The summed E-state index contributed by atoms with van der Waals surface area (Å²) >= 11 is 0. The third kappa shape index (κ3) is 4.01. The Labute approximate surface area is 181 Å². The highest BCUT2D eigenvalue weighted by Gasteiger charge is 2.23. The highest BCUT2D eigenvalue weighted by atomic mass is 15.2. The number of nitrogens with two attached hydrogens (primary N) is 1. The number of H-pyrrole nitrogens is 1. The average Bonchev–Trinajstić information content (AvgIpc) is 3.27. The summed E-state index contributed by atoms with van der Waals surface area (Å²) in [4.78, 5) is 16.3. The van der Waals surface area contributed by atoms with Gasteiger partial charge in [0.05, 0.1) is 29.1 Å². The molecule has 1 saturated heterocycles. The topological polar surface area (TPSA) is 96.6 Å². The Bertz CT molecular complexity index is 1220. The number of pyridine rings is 1. The molecule has 1 aromatic carbocycles. The lowest BCUT2D eigenvalue weighted by atomic mass is 9.93. The highest BCUT2D eigenvalue weighted by Crippen LogP contribution is 2.30. The van der Waals surface area contributed by atoms with Gasteiger partial charge in [-0.05, 0) is 58.0 Å². The first-order chi connectivity index (χ1) is 15.1. The number of likely N-dealkylation sites (tertiary alicyclic amines) is 1. The van der Waals surface area contributed by atoms with E-state index in [9.17, 15) is 0 Å². The fourth-order valence-corrected chi connectivity index (χ4v) is 4.35. The van der Waals surface area contributed by atoms with E-state index in [1.54, 1.807) is 0 Å². The van der Waals surface area contributed by atoms with E-state index in [1.807, 2.05) is 31.3 Å². The molecule has 3 N–H and O–H groups in total. The number of rotatable bonds is 4. The molecule has 0 amide bonds. The summed E-state index contributed by atoms with van der Waals surface area (Å²) in [6.07, 6.45) is 4.00. The molecule has 31 heavy (non-hydrogen) atoms. The Morgan fingerprint density at radius 1 is 1.06 bits per heavy atom. The lowest BCUT2D eigenvalue weighted by Crippen LogP contribution is -2.33. The summed E-state index contributed by atoms with van der Waals surface area (Å²) in [5.74, 6) is 1.38. The van der Waals surface area contributed by atoms with Crippen molar-refractivity contribution in [3.63, 3.8) is 0 Å². The first-order valence-corrected chi connectivity index (χ1v) is 10.8. The first-order valence-electron chi connectivity index (χ1n) is 10.8. The molecule has 3 aromatic heterocycles. The molecule has 0 aliphatic carbocycles. The quantitative estimate of drug-likeness (QED) is 0.525. The van der Waals surface area contributed by atoms with Crippen LogP contribution in [0.4, 0.5) is 5.69 Å². The first kappa shape index (κ1) is 19.6. The van der Waals surface area contributed by atoms with Gasteiger partial charge in [-0.15, -0.1) is 0 Å². The number of aromatic nitrogens is 5. The van der Waals surface area contributed by atoms with Crippen LogP contribution in [0.1, 0.15) is 41.7 Å². The number of fused-ring (bicyclic) bond motifs is 1. The van der Waals surface area contributed by atoms with Crippen molar-refractivity contribution in [2.75, 3.05) is 18.8 Å². The smallest absolute Gasteiger partial charge is 0.143 e. The Morgan fingerprint density at radius 2 is 1.87 bits per heavy atom. The van der Waals surface area contributed by atoms with Crippen LogP contribution in [0.3, 0.4) is 0 Å². The van der Waals surface area contributed by atoms with Gasteiger partial charge < -0.3 is 5.73 Å². The molecule has 1 fully saturated rings. The molecule has 4 aromatic rings. The van der Waals surface area contributed by atoms with Gasteiger partial charge in [-0.1, -0.05) is 18.2 Å². The second-order valence-corrected chi connectivity index (χ2v) is 8.40. The minimum absolute atomic E-state index is 0.479. The van der Waals surface area contributed by atoms with E-state index in [-0.39, 0.29) is 0 Å². The predicted molar refractivity (Wildman–Crippen MR) is 122 cm³/mol. The molecule has 5 rings (SSSR count). The van der Waals surface area contributed by atoms with Crippen molar-refractivity contribution in [1.29, 1.82) is 0 Å². The molecule has 0 atom stereocenters. The zero-order chi connectivity index (χ0) is 21.4. The third-order valence-electron chi connectivity index (χ3n) is 6.25. The number of para-hydroxylation sites is 1. The molecule has 0 bridgehead atoms. The van der Waals surface area contributed by atoms with E-state index < -0.39 is 0 Å². The molecule has 1 aliphatic rings. The normalized spacial score (nSPS) is 15.5. The Balaban J connectivity index is 1.24. The van der Waals surface area contributed by atoms with Crippen LogP contribution in [0.5, 0.6) is 0 Å². The lowest BCUT2D eigenvalue weighted by Gasteiger charge is -2.30. The number of nitrogen functional groups attached to an aromatic ring is 1. The van der Waals surface area contributed by atoms with Crippen LogP contribution in [0.25, 0.3) is 22.2 Å². The monoisotopic (exact) mass is 413 g/mol. The molecule has 7 heteroatoms. The van der Waals surface area contributed by atoms with Crippen molar-refractivity contribution in [3.8, 4) is 11.3 Å². The summed E-state index contributed by atoms with van der Waals surface area (Å²) in [5, 5.41) is 8.87. The van der Waals surface area contributed by atoms with E-state index in [1.165, 1.54) is 5.69 Å². The van der Waals surface area contributed by atoms with Crippen LogP contribution in [-0.2, 0) is 6.54 Å². The van der Waals surface area contributed by atoms with Crippen molar-refractivity contribution in [1.82, 2.24) is 30.0 Å². The molecule has 7 nitrogen and oxygen atoms in total. The highest BCUT2D eigenvalue weighted by molar-refractivity contribution is 5.80. The van der Waals surface area contributed by atoms with E-state index in [0.717, 1.165) is 71.8 Å². The second-order valence-electron chi connectivity index (χ2n) is 8.40. The number of nitrogens with one attached hydrogen (secondary N) is 1. The van der Waals surface area contributed by atoms with Gasteiger partial charge in [-0.25, -0.2) is 9.97 Å². The van der Waals surface area contributed by atoms with Crippen LogP contribution >= 0.6 is 0 Å². The summed E-state index contributed by atoms with van der Waals surface area (Å²) in [6, 6.07) is 12.3. The molecule has 0 unspecified atom stereocenters. The van der Waals surface area contributed by atoms with Crippen LogP contribution in [0, 0.1) is 13.8 Å². The number of benzene rings is 1. The maximum atomic E-state index is 6.01. The molecular formula is C24H27N7. The number of piperidine rings is 1. The van der Waals surface area contributed by atoms with Gasteiger partial charge in [-0.2, -0.15) is 5.10 Å². The van der Waals surface area contributed by atoms with Crippen LogP contribution in [-0.4, -0.2) is 43.1 Å². The zero-order valence-electron chi connectivity index (χ0n) is 18.0. The Hall–Kier alpha value is -3.32. The van der Waals surface area contributed by atoms with Crippen molar-refractivity contribution >= 4 is 16.6 Å². The summed E-state index contributed by atoms with van der Waals surface area (Å²) in [5.41, 5.74) is 12.7. The number of aryl methyl sites for hydroxylation is 2. The van der Waals surface area contributed by atoms with Gasteiger partial charge in [0, 0.05) is 34.5 Å². The number of anilines is 1. The number of hydrogen-bond donors (Lipinski definition) is 2. The van der Waals surface area contributed by atoms with E-state index in [2.05, 4.69) is 45.2 Å². The minimum atomic E-state index is 0.479. The standard InChI is InChI=1S/C24H27N7/c1-15-19-5-3-4-6-21(19)28-24(27-15)14-31-9-7-17(8-10-31)22-12-23(30-29-22)18-11-20(25)16(2)26-13-18/h3-6,11-13,17H,7-10,14,25H2,1-2H3,(H,29,30). The number of nitrogens with zero attached hydrogens (tertiary/aromatic N) is 5. The van der Waals surface area contributed by atoms with Crippen molar-refractivity contribution in [2.24, 2.45) is 0 Å². The lowest BCUT2D eigenvalue weighted by molar-refractivity contribution is 0.199. The predicted octanol–water partition coefficient (Wildman–Crippen LogP) is 3.99. The minimum Gasteiger partial charge on any atom is -0.397 e. The Morgan fingerprint density at radius 3 is 2.68 bits per heavy atom. The fraction of sp³-hybridized carbons (Fsp3) is 0.333. The summed E-state index contributed by atoms with van der Waals surface area (Å²) < 4.78 is 0. The molecule has 0 saturated carbocycles. The largest absolute Gasteiger partial charge is 0.397 e. The van der Waals surface area contributed by atoms with Crippen molar-refractivity contribution in [3.05, 3.63) is 65.5 Å². The molecule has 1 aliphatic heterocycles. The van der Waals surface area contributed by atoms with Crippen molar-refractivity contribution in [2.45, 2.75) is 39.2 Å². The van der Waals surface area contributed by atoms with Gasteiger partial charge >= 0.3 is 0 Å². The van der Waals surface area contributed by atoms with E-state index >= 15 is 0 Å². The second kappa shape index (κ2) is 8.07. The fourth-order valence-electron chi connectivity index (χ4n) is 4.35. The zero-order valence-corrected chi connectivity index (χ0v) is 18.0.